The highest BCUT2D eigenvalue weighted by Gasteiger charge is 2.15. The van der Waals surface area contributed by atoms with Crippen molar-refractivity contribution in [1.29, 1.82) is 5.41 Å². The molecule has 0 fully saturated rings. The van der Waals surface area contributed by atoms with E-state index in [2.05, 4.69) is 10.3 Å². The topological polar surface area (TPSA) is 121 Å². The van der Waals surface area contributed by atoms with Gasteiger partial charge in [0.05, 0.1) is 12.1 Å². The van der Waals surface area contributed by atoms with Gasteiger partial charge in [-0.25, -0.2) is 4.79 Å². The molecule has 7 nitrogen and oxygen atoms in total. The van der Waals surface area contributed by atoms with Gasteiger partial charge in [0.1, 0.15) is 11.4 Å². The number of hydrogen-bond donors (Lipinski definition) is 4. The Morgan fingerprint density at radius 1 is 1.47 bits per heavy atom. The summed E-state index contributed by atoms with van der Waals surface area (Å²) in [7, 11) is 0. The largest absolute Gasteiger partial charge is 0.444 e. The van der Waals surface area contributed by atoms with Crippen LogP contribution in [0.1, 0.15) is 32.0 Å². The minimum absolute atomic E-state index is 0.0982. The highest BCUT2D eigenvalue weighted by molar-refractivity contribution is 5.94. The van der Waals surface area contributed by atoms with Gasteiger partial charge in [0, 0.05) is 5.69 Å². The van der Waals surface area contributed by atoms with E-state index in [1.165, 1.54) is 6.07 Å². The number of nitrogens with two attached hydrogens (primary N) is 1. The van der Waals surface area contributed by atoms with Gasteiger partial charge in [-0.1, -0.05) is 0 Å². The van der Waals surface area contributed by atoms with E-state index in [4.69, 9.17) is 15.9 Å². The van der Waals surface area contributed by atoms with Crippen molar-refractivity contribution >= 4 is 11.9 Å². The standard InChI is InChI=1S/C12H18N4O3/c1-12(2,3)19-11(18)15-6-7-4-5-8(9(13)14)10(17)16-7/h4-5H,6H2,1-3H3,(H3,13,14)(H,15,18)(H,16,17). The van der Waals surface area contributed by atoms with Gasteiger partial charge in [-0.3, -0.25) is 10.2 Å². The predicted molar refractivity (Wildman–Crippen MR) is 71.2 cm³/mol. The van der Waals surface area contributed by atoms with Crippen molar-refractivity contribution < 1.29 is 9.53 Å². The van der Waals surface area contributed by atoms with Gasteiger partial charge >= 0.3 is 6.09 Å². The molecule has 0 bridgehead atoms. The third-order valence-corrected chi connectivity index (χ3v) is 2.08. The lowest BCUT2D eigenvalue weighted by molar-refractivity contribution is 0.0523. The average molecular weight is 266 g/mol. The summed E-state index contributed by atoms with van der Waals surface area (Å²) in [6.07, 6.45) is -0.566. The molecule has 0 unspecified atom stereocenters. The molecule has 0 aliphatic heterocycles. The summed E-state index contributed by atoms with van der Waals surface area (Å²) < 4.78 is 5.06. The third kappa shape index (κ3) is 4.82. The third-order valence-electron chi connectivity index (χ3n) is 2.08. The molecule has 0 radical (unpaired) electrons. The normalized spacial score (nSPS) is 10.9. The van der Waals surface area contributed by atoms with E-state index in [1.807, 2.05) is 0 Å². The first-order chi connectivity index (χ1) is 8.69. The van der Waals surface area contributed by atoms with Gasteiger partial charge < -0.3 is 20.8 Å². The Hall–Kier alpha value is -2.31. The molecule has 104 valence electrons. The molecule has 0 atom stereocenters. The lowest BCUT2D eigenvalue weighted by Gasteiger charge is -2.19. The van der Waals surface area contributed by atoms with Gasteiger partial charge in [-0.15, -0.1) is 0 Å². The van der Waals surface area contributed by atoms with E-state index < -0.39 is 17.3 Å². The first-order valence-electron chi connectivity index (χ1n) is 5.72. The molecular formula is C12H18N4O3. The van der Waals surface area contributed by atoms with E-state index in [-0.39, 0.29) is 17.9 Å². The summed E-state index contributed by atoms with van der Waals surface area (Å²) in [6.45, 7) is 5.41. The molecule has 0 spiro atoms. The fourth-order valence-corrected chi connectivity index (χ4v) is 1.31. The Morgan fingerprint density at radius 2 is 2.11 bits per heavy atom. The zero-order valence-electron chi connectivity index (χ0n) is 11.2. The Kier molecular flexibility index (Phi) is 4.31. The fraction of sp³-hybridized carbons (Fsp3) is 0.417. The highest BCUT2D eigenvalue weighted by Crippen LogP contribution is 2.06. The second-order valence-electron chi connectivity index (χ2n) is 5.00. The summed E-state index contributed by atoms with van der Waals surface area (Å²) in [6, 6.07) is 3.02. The van der Waals surface area contributed by atoms with Crippen LogP contribution in [0.3, 0.4) is 0 Å². The van der Waals surface area contributed by atoms with Crippen LogP contribution in [-0.2, 0) is 11.3 Å². The molecule has 0 saturated carbocycles. The first-order valence-corrected chi connectivity index (χ1v) is 5.72. The summed E-state index contributed by atoms with van der Waals surface area (Å²) in [5, 5.41) is 9.70. The van der Waals surface area contributed by atoms with Gasteiger partial charge in [0.25, 0.3) is 5.56 Å². The van der Waals surface area contributed by atoms with Crippen LogP contribution in [0.2, 0.25) is 0 Å². The number of nitrogen functional groups attached to an aromatic ring is 1. The first kappa shape index (κ1) is 14.7. The number of carbonyl (C=O) groups is 1. The summed E-state index contributed by atoms with van der Waals surface area (Å²) >= 11 is 0. The van der Waals surface area contributed by atoms with Crippen LogP contribution in [0.25, 0.3) is 0 Å². The zero-order chi connectivity index (χ0) is 14.6. The smallest absolute Gasteiger partial charge is 0.407 e. The maximum atomic E-state index is 11.5. The van der Waals surface area contributed by atoms with Crippen LogP contribution in [0.4, 0.5) is 4.79 Å². The van der Waals surface area contributed by atoms with Crippen molar-refractivity contribution in [2.75, 3.05) is 0 Å². The van der Waals surface area contributed by atoms with Crippen molar-refractivity contribution in [3.63, 3.8) is 0 Å². The molecular weight excluding hydrogens is 248 g/mol. The fourth-order valence-electron chi connectivity index (χ4n) is 1.31. The monoisotopic (exact) mass is 266 g/mol. The van der Waals surface area contributed by atoms with E-state index in [9.17, 15) is 9.59 Å². The van der Waals surface area contributed by atoms with Gasteiger partial charge in [-0.2, -0.15) is 0 Å². The number of hydrogen-bond acceptors (Lipinski definition) is 4. The molecule has 1 amide bonds. The molecule has 0 saturated heterocycles. The van der Waals surface area contributed by atoms with Crippen molar-refractivity contribution in [3.8, 4) is 0 Å². The van der Waals surface area contributed by atoms with Crippen LogP contribution in [0.5, 0.6) is 0 Å². The number of amides is 1. The van der Waals surface area contributed by atoms with Gasteiger partial charge in [0.2, 0.25) is 0 Å². The number of H-pyrrole nitrogens is 1. The predicted octanol–water partition coefficient (Wildman–Crippen LogP) is 0.684. The molecule has 5 N–H and O–H groups in total. The molecule has 19 heavy (non-hydrogen) atoms. The van der Waals surface area contributed by atoms with E-state index >= 15 is 0 Å². The maximum absolute atomic E-state index is 11.5. The molecule has 0 aliphatic carbocycles. The van der Waals surface area contributed by atoms with E-state index in [1.54, 1.807) is 26.8 Å². The van der Waals surface area contributed by atoms with E-state index in [0.29, 0.717) is 5.69 Å². The molecule has 1 rings (SSSR count). The van der Waals surface area contributed by atoms with Crippen LogP contribution in [-0.4, -0.2) is 22.5 Å². The molecule has 0 aromatic carbocycles. The Bertz CT molecular complexity index is 543. The number of ether oxygens (including phenoxy) is 1. The molecule has 7 heteroatoms. The molecule has 0 aliphatic rings. The number of rotatable bonds is 3. The number of pyridine rings is 1. The summed E-state index contributed by atoms with van der Waals surface area (Å²) in [5.41, 5.74) is 4.79. The van der Waals surface area contributed by atoms with Crippen LogP contribution < -0.4 is 16.6 Å². The Labute approximate surface area is 110 Å². The van der Waals surface area contributed by atoms with E-state index in [0.717, 1.165) is 0 Å². The SMILES string of the molecule is CC(C)(C)OC(=O)NCc1ccc(C(=N)N)c(=O)[nH]1. The minimum Gasteiger partial charge on any atom is -0.444 e. The quantitative estimate of drug-likeness (QED) is 0.475. The summed E-state index contributed by atoms with van der Waals surface area (Å²) in [5.74, 6) is -0.298. The number of aromatic nitrogens is 1. The molecule has 1 heterocycles. The number of alkyl carbamates (subject to hydrolysis) is 1. The molecule has 1 aromatic heterocycles. The number of carbonyl (C=O) groups excluding carboxylic acids is 1. The number of nitrogens with one attached hydrogen (secondary N) is 3. The zero-order valence-corrected chi connectivity index (χ0v) is 11.2. The van der Waals surface area contributed by atoms with Crippen molar-refractivity contribution in [2.45, 2.75) is 32.9 Å². The second-order valence-corrected chi connectivity index (χ2v) is 5.00. The molecule has 1 aromatic rings. The van der Waals surface area contributed by atoms with Crippen molar-refractivity contribution in [2.24, 2.45) is 5.73 Å². The lowest BCUT2D eigenvalue weighted by atomic mass is 10.2. The maximum Gasteiger partial charge on any atom is 0.407 e. The lowest BCUT2D eigenvalue weighted by Crippen LogP contribution is -2.33. The average Bonchev–Trinajstić information content (AvgIpc) is 2.23. The number of aromatic amines is 1. The highest BCUT2D eigenvalue weighted by atomic mass is 16.6. The van der Waals surface area contributed by atoms with Crippen molar-refractivity contribution in [1.82, 2.24) is 10.3 Å². The number of amidine groups is 1. The minimum atomic E-state index is -0.573. The Balaban J connectivity index is 2.65. The van der Waals surface area contributed by atoms with Gasteiger partial charge in [-0.05, 0) is 32.9 Å². The summed E-state index contributed by atoms with van der Waals surface area (Å²) in [4.78, 5) is 25.5. The van der Waals surface area contributed by atoms with Gasteiger partial charge in [0.15, 0.2) is 0 Å². The van der Waals surface area contributed by atoms with Crippen LogP contribution in [0.15, 0.2) is 16.9 Å². The van der Waals surface area contributed by atoms with Crippen LogP contribution >= 0.6 is 0 Å². The Morgan fingerprint density at radius 3 is 2.58 bits per heavy atom. The second kappa shape index (κ2) is 5.55. The van der Waals surface area contributed by atoms with Crippen molar-refractivity contribution in [3.05, 3.63) is 33.7 Å². The van der Waals surface area contributed by atoms with Crippen LogP contribution in [0, 0.1) is 5.41 Å².